The minimum Gasteiger partial charge on any atom is -0.361 e. The molecule has 0 fully saturated rings. The van der Waals surface area contributed by atoms with E-state index in [1.54, 1.807) is 6.07 Å². The standard InChI is InChI=1S/C14H21N3O2S/c1-15-20(18,19)10-11-4-5-14-13(8-11)12(9-16-14)6-7-17(2)3/h4-5,8-9,15-16H,6-7,10H2,1-3H3/i1D3,10D2. The zero-order chi connectivity index (χ0) is 19.0. The third kappa shape index (κ3) is 3.59. The van der Waals surface area contributed by atoms with Gasteiger partial charge in [-0.3, -0.25) is 0 Å². The molecule has 2 rings (SSSR count). The minimum atomic E-state index is -4.76. The first kappa shape index (κ1) is 9.55. The molecule has 20 heavy (non-hydrogen) atoms. The van der Waals surface area contributed by atoms with Crippen molar-refractivity contribution in [2.24, 2.45) is 0 Å². The van der Waals surface area contributed by atoms with Crippen LogP contribution in [0.1, 0.15) is 18.0 Å². The van der Waals surface area contributed by atoms with E-state index in [1.165, 1.54) is 16.9 Å². The van der Waals surface area contributed by atoms with E-state index < -0.39 is 22.7 Å². The summed E-state index contributed by atoms with van der Waals surface area (Å²) in [5.74, 6) is 0. The number of sulfonamides is 1. The third-order valence-electron chi connectivity index (χ3n) is 2.98. The second-order valence-electron chi connectivity index (χ2n) is 4.84. The molecular formula is C14H21N3O2S. The number of rotatable bonds is 6. The highest BCUT2D eigenvalue weighted by molar-refractivity contribution is 7.88. The van der Waals surface area contributed by atoms with Gasteiger partial charge in [0, 0.05) is 30.5 Å². The number of hydrogen-bond donors (Lipinski definition) is 2. The van der Waals surface area contributed by atoms with Crippen LogP contribution < -0.4 is 4.72 Å². The average molecular weight is 300 g/mol. The van der Waals surface area contributed by atoms with E-state index in [9.17, 15) is 8.42 Å². The maximum absolute atomic E-state index is 12.2. The normalized spacial score (nSPS) is 17.4. The molecule has 6 heteroatoms. The fraction of sp³-hybridized carbons (Fsp3) is 0.429. The second-order valence-corrected chi connectivity index (χ2v) is 6.25. The van der Waals surface area contributed by atoms with Gasteiger partial charge in [0.15, 0.2) is 0 Å². The zero-order valence-corrected chi connectivity index (χ0v) is 12.2. The van der Waals surface area contributed by atoms with Gasteiger partial charge in [0.1, 0.15) is 0 Å². The van der Waals surface area contributed by atoms with Crippen LogP contribution in [0.25, 0.3) is 10.9 Å². The first-order chi connectivity index (χ1) is 11.3. The van der Waals surface area contributed by atoms with Crippen LogP contribution in [0.4, 0.5) is 0 Å². The van der Waals surface area contributed by atoms with Gasteiger partial charge < -0.3 is 9.88 Å². The third-order valence-corrected chi connectivity index (χ3v) is 3.76. The van der Waals surface area contributed by atoms with Gasteiger partial charge >= 0.3 is 0 Å². The van der Waals surface area contributed by atoms with Crippen LogP contribution in [-0.2, 0) is 22.1 Å². The molecule has 5 nitrogen and oxygen atoms in total. The Morgan fingerprint density at radius 3 is 2.95 bits per heavy atom. The van der Waals surface area contributed by atoms with Gasteiger partial charge in [0.2, 0.25) is 10.0 Å². The average Bonchev–Trinajstić information content (AvgIpc) is 2.84. The van der Waals surface area contributed by atoms with Gasteiger partial charge in [0.05, 0.1) is 5.70 Å². The van der Waals surface area contributed by atoms with Crippen LogP contribution in [-0.4, -0.2) is 45.9 Å². The highest BCUT2D eigenvalue weighted by atomic mass is 32.2. The monoisotopic (exact) mass is 300 g/mol. The van der Waals surface area contributed by atoms with Crippen LogP contribution in [0.15, 0.2) is 24.4 Å². The van der Waals surface area contributed by atoms with Crippen molar-refractivity contribution in [3.8, 4) is 0 Å². The number of fused-ring (bicyclic) bond motifs is 1. The number of hydrogen-bond acceptors (Lipinski definition) is 3. The molecule has 0 bridgehead atoms. The Balaban J connectivity index is 2.44. The number of likely N-dealkylation sites (N-methyl/N-ethyl adjacent to an activating group) is 1. The summed E-state index contributed by atoms with van der Waals surface area (Å²) in [4.78, 5) is 5.08. The Morgan fingerprint density at radius 1 is 1.45 bits per heavy atom. The summed E-state index contributed by atoms with van der Waals surface area (Å²) in [5.41, 5.74) is -1.31. The summed E-state index contributed by atoms with van der Waals surface area (Å²) >= 11 is 0. The van der Waals surface area contributed by atoms with Gasteiger partial charge in [-0.15, -0.1) is 0 Å². The Hall–Kier alpha value is -1.37. The molecule has 0 spiro atoms. The Kier molecular flexibility index (Phi) is 2.84. The molecule has 1 aromatic carbocycles. The van der Waals surface area contributed by atoms with Crippen molar-refractivity contribution in [3.63, 3.8) is 0 Å². The molecule has 0 saturated heterocycles. The maximum atomic E-state index is 12.2. The summed E-state index contributed by atoms with van der Waals surface area (Å²) < 4.78 is 62.8. The number of aromatic amines is 1. The molecule has 0 aliphatic heterocycles. The smallest absolute Gasteiger partial charge is 0.215 e. The Bertz CT molecular complexity index is 859. The van der Waals surface area contributed by atoms with Crippen molar-refractivity contribution in [1.29, 1.82) is 0 Å². The molecule has 0 aliphatic carbocycles. The number of benzene rings is 1. The van der Waals surface area contributed by atoms with Crippen molar-refractivity contribution in [2.75, 3.05) is 27.6 Å². The molecule has 2 aromatic rings. The second kappa shape index (κ2) is 5.95. The SMILES string of the molecule is [2H]C([2H])([2H])NS(=O)(=O)C([2H])([2H])c1ccc2[nH]cc(CCN(C)C)c2c1. The molecule has 0 unspecified atom stereocenters. The van der Waals surface area contributed by atoms with Crippen LogP contribution in [0.2, 0.25) is 0 Å². The van der Waals surface area contributed by atoms with Crippen molar-refractivity contribution in [2.45, 2.75) is 12.1 Å². The number of nitrogens with one attached hydrogen (secondary N) is 2. The Morgan fingerprint density at radius 2 is 2.25 bits per heavy atom. The molecule has 0 amide bonds. The summed E-state index contributed by atoms with van der Waals surface area (Å²) in [6.45, 7) is -2.22. The lowest BCUT2D eigenvalue weighted by molar-refractivity contribution is 0.414. The highest BCUT2D eigenvalue weighted by Gasteiger charge is 2.11. The lowest BCUT2D eigenvalue weighted by atomic mass is 10.1. The van der Waals surface area contributed by atoms with E-state index in [2.05, 4.69) is 4.98 Å². The topological polar surface area (TPSA) is 65.2 Å². The molecule has 0 aliphatic rings. The first-order valence-corrected chi connectivity index (χ1v) is 7.60. The predicted octanol–water partition coefficient (Wildman–Crippen LogP) is 1.32. The summed E-state index contributed by atoms with van der Waals surface area (Å²) in [7, 11) is -0.886. The van der Waals surface area contributed by atoms with Gasteiger partial charge in [0.25, 0.3) is 0 Å². The Labute approximate surface area is 127 Å². The van der Waals surface area contributed by atoms with E-state index in [0.29, 0.717) is 11.8 Å². The van der Waals surface area contributed by atoms with Gasteiger partial charge in [-0.1, -0.05) is 6.07 Å². The predicted molar refractivity (Wildman–Crippen MR) is 82.2 cm³/mol. The molecule has 0 saturated carbocycles. The number of nitrogens with zero attached hydrogens (tertiary/aromatic N) is 1. The first-order valence-electron chi connectivity index (χ1n) is 8.62. The van der Waals surface area contributed by atoms with E-state index in [-0.39, 0.29) is 5.56 Å². The van der Waals surface area contributed by atoms with E-state index >= 15 is 0 Å². The van der Waals surface area contributed by atoms with E-state index in [0.717, 1.165) is 17.6 Å². The van der Waals surface area contributed by atoms with E-state index in [1.807, 2.05) is 25.2 Å². The molecule has 1 heterocycles. The largest absolute Gasteiger partial charge is 0.361 e. The van der Waals surface area contributed by atoms with Crippen molar-refractivity contribution in [1.82, 2.24) is 14.6 Å². The lowest BCUT2D eigenvalue weighted by Crippen LogP contribution is -2.20. The highest BCUT2D eigenvalue weighted by Crippen LogP contribution is 2.21. The van der Waals surface area contributed by atoms with Crippen molar-refractivity contribution >= 4 is 20.9 Å². The maximum Gasteiger partial charge on any atom is 0.215 e. The van der Waals surface area contributed by atoms with E-state index in [4.69, 9.17) is 6.85 Å². The summed E-state index contributed by atoms with van der Waals surface area (Å²) in [5, 5.41) is 0.715. The lowest BCUT2D eigenvalue weighted by Gasteiger charge is -2.08. The zero-order valence-electron chi connectivity index (χ0n) is 16.4. The quantitative estimate of drug-likeness (QED) is 0.845. The molecular weight excluding hydrogens is 274 g/mol. The van der Waals surface area contributed by atoms with Crippen LogP contribution in [0.3, 0.4) is 0 Å². The molecule has 0 atom stereocenters. The van der Waals surface area contributed by atoms with Crippen molar-refractivity contribution < 1.29 is 15.3 Å². The fourth-order valence-corrected chi connectivity index (χ4v) is 2.46. The van der Waals surface area contributed by atoms with Gasteiger partial charge in [-0.2, -0.15) is 0 Å². The van der Waals surface area contributed by atoms with Gasteiger partial charge in [-0.05, 0) is 50.8 Å². The number of H-pyrrole nitrogens is 1. The van der Waals surface area contributed by atoms with Crippen LogP contribution in [0.5, 0.6) is 0 Å². The van der Waals surface area contributed by atoms with Crippen molar-refractivity contribution in [3.05, 3.63) is 35.5 Å². The van der Waals surface area contributed by atoms with Crippen LogP contribution in [0, 0.1) is 0 Å². The molecule has 110 valence electrons. The molecule has 1 aromatic heterocycles. The van der Waals surface area contributed by atoms with Crippen LogP contribution >= 0.6 is 0 Å². The molecule has 0 radical (unpaired) electrons. The number of aromatic nitrogens is 1. The molecule has 2 N–H and O–H groups in total. The fourth-order valence-electron chi connectivity index (χ4n) is 1.97. The summed E-state index contributed by atoms with van der Waals surface area (Å²) in [6.07, 6.45) is 2.52. The summed E-state index contributed by atoms with van der Waals surface area (Å²) in [6, 6.07) is 4.38. The minimum absolute atomic E-state index is 0.123. The van der Waals surface area contributed by atoms with Gasteiger partial charge in [-0.25, -0.2) is 13.1 Å².